The Labute approximate surface area is 207 Å². The molecule has 0 bridgehead atoms. The molecule has 4 rings (SSSR count). The minimum atomic E-state index is -0.397. The van der Waals surface area contributed by atoms with Crippen LogP contribution in [0.2, 0.25) is 0 Å². The zero-order chi connectivity index (χ0) is 24.6. The highest BCUT2D eigenvalue weighted by molar-refractivity contribution is 7.10. The molecule has 1 N–H and O–H groups in total. The van der Waals surface area contributed by atoms with Crippen molar-refractivity contribution in [2.75, 3.05) is 44.6 Å². The van der Waals surface area contributed by atoms with E-state index >= 15 is 0 Å². The highest BCUT2D eigenvalue weighted by atomic mass is 32.1. The Bertz CT molecular complexity index is 1120. The third-order valence-electron chi connectivity index (χ3n) is 5.97. The quantitative estimate of drug-likeness (QED) is 0.499. The third-order valence-corrected chi connectivity index (χ3v) is 6.84. The van der Waals surface area contributed by atoms with Crippen LogP contribution in [-0.4, -0.2) is 65.9 Å². The van der Waals surface area contributed by atoms with Crippen molar-refractivity contribution in [1.29, 1.82) is 0 Å². The lowest BCUT2D eigenvalue weighted by molar-refractivity contribution is -0.131. The molecular formula is C26H28F2N4O2S. The number of hydrogen-bond acceptors (Lipinski definition) is 4. The van der Waals surface area contributed by atoms with Gasteiger partial charge in [0.25, 0.3) is 0 Å². The van der Waals surface area contributed by atoms with E-state index in [-0.39, 0.29) is 17.8 Å². The van der Waals surface area contributed by atoms with E-state index in [1.54, 1.807) is 40.5 Å². The van der Waals surface area contributed by atoms with E-state index in [0.29, 0.717) is 57.9 Å². The molecule has 9 heteroatoms. The molecule has 3 aromatic rings. The Morgan fingerprint density at radius 1 is 0.943 bits per heavy atom. The normalized spacial score (nSPS) is 14.1. The van der Waals surface area contributed by atoms with Crippen molar-refractivity contribution in [1.82, 2.24) is 14.7 Å². The van der Waals surface area contributed by atoms with Crippen molar-refractivity contribution >= 4 is 29.0 Å². The topological polar surface area (TPSA) is 55.9 Å². The van der Waals surface area contributed by atoms with Gasteiger partial charge in [-0.3, -0.25) is 9.69 Å². The number of carbonyl (C=O) groups excluding carboxylic acids is 2. The van der Waals surface area contributed by atoms with Gasteiger partial charge in [0.15, 0.2) is 0 Å². The molecule has 1 aromatic heterocycles. The summed E-state index contributed by atoms with van der Waals surface area (Å²) in [6.07, 6.45) is 0.340. The number of rotatable bonds is 8. The molecule has 0 aliphatic carbocycles. The molecule has 3 amide bonds. The van der Waals surface area contributed by atoms with Crippen molar-refractivity contribution in [2.45, 2.75) is 13.0 Å². The number of amides is 3. The van der Waals surface area contributed by atoms with Crippen molar-refractivity contribution in [3.8, 4) is 0 Å². The number of thiophene rings is 1. The highest BCUT2D eigenvalue weighted by Crippen LogP contribution is 2.15. The summed E-state index contributed by atoms with van der Waals surface area (Å²) < 4.78 is 26.7. The van der Waals surface area contributed by atoms with Crippen LogP contribution in [0.5, 0.6) is 0 Å². The molecule has 1 aliphatic rings. The molecule has 2 aromatic carbocycles. The summed E-state index contributed by atoms with van der Waals surface area (Å²) in [6, 6.07) is 15.7. The van der Waals surface area contributed by atoms with Gasteiger partial charge in [-0.1, -0.05) is 24.3 Å². The lowest BCUT2D eigenvalue weighted by Crippen LogP contribution is -2.51. The second kappa shape index (κ2) is 11.9. The number of hydrogen-bond donors (Lipinski definition) is 1. The largest absolute Gasteiger partial charge is 0.337 e. The Hall–Kier alpha value is -3.30. The Morgan fingerprint density at radius 3 is 2.40 bits per heavy atom. The Kier molecular flexibility index (Phi) is 8.44. The molecule has 0 saturated carbocycles. The molecule has 2 heterocycles. The van der Waals surface area contributed by atoms with Crippen LogP contribution in [0.25, 0.3) is 0 Å². The number of halogens is 2. The van der Waals surface area contributed by atoms with Gasteiger partial charge in [-0.25, -0.2) is 13.6 Å². The van der Waals surface area contributed by atoms with Gasteiger partial charge in [-0.05, 0) is 47.3 Å². The molecule has 1 aliphatic heterocycles. The molecular weight excluding hydrogens is 470 g/mol. The third kappa shape index (κ3) is 7.34. The van der Waals surface area contributed by atoms with Crippen LogP contribution in [0.4, 0.5) is 19.3 Å². The zero-order valence-electron chi connectivity index (χ0n) is 19.3. The average Bonchev–Trinajstić information content (AvgIpc) is 3.36. The van der Waals surface area contributed by atoms with Crippen LogP contribution < -0.4 is 5.32 Å². The maximum Gasteiger partial charge on any atom is 0.321 e. The molecule has 6 nitrogen and oxygen atoms in total. The van der Waals surface area contributed by atoms with Crippen molar-refractivity contribution in [3.05, 3.63) is 88.1 Å². The van der Waals surface area contributed by atoms with Gasteiger partial charge in [-0.2, -0.15) is 0 Å². The summed E-state index contributed by atoms with van der Waals surface area (Å²) in [7, 11) is 0. The molecule has 0 radical (unpaired) electrons. The van der Waals surface area contributed by atoms with Crippen LogP contribution in [0, 0.1) is 11.6 Å². The minimum Gasteiger partial charge on any atom is -0.337 e. The standard InChI is InChI=1S/C26H28F2N4O2S/c27-21-8-6-20(7-9-21)19-32(25(33)18-24-5-2-16-35-24)15-12-30-10-13-31(14-11-30)26(34)29-23-4-1-3-22(28)17-23/h1-9,16-17H,10-15,18-19H2,(H,29,34). The number of carbonyl (C=O) groups is 2. The Morgan fingerprint density at radius 2 is 1.71 bits per heavy atom. The first kappa shape index (κ1) is 24.8. The maximum atomic E-state index is 13.4. The van der Waals surface area contributed by atoms with Crippen LogP contribution in [-0.2, 0) is 17.8 Å². The van der Waals surface area contributed by atoms with E-state index in [0.717, 1.165) is 10.4 Å². The van der Waals surface area contributed by atoms with Gasteiger partial charge in [-0.15, -0.1) is 11.3 Å². The molecule has 184 valence electrons. The molecule has 35 heavy (non-hydrogen) atoms. The van der Waals surface area contributed by atoms with Crippen LogP contribution in [0.3, 0.4) is 0 Å². The van der Waals surface area contributed by atoms with E-state index in [1.165, 1.54) is 24.3 Å². The van der Waals surface area contributed by atoms with Crippen LogP contribution in [0.1, 0.15) is 10.4 Å². The minimum absolute atomic E-state index is 0.0323. The smallest absolute Gasteiger partial charge is 0.321 e. The average molecular weight is 499 g/mol. The van der Waals surface area contributed by atoms with E-state index in [9.17, 15) is 18.4 Å². The van der Waals surface area contributed by atoms with E-state index < -0.39 is 5.82 Å². The van der Waals surface area contributed by atoms with Gasteiger partial charge in [0.05, 0.1) is 6.42 Å². The Balaban J connectivity index is 1.29. The monoisotopic (exact) mass is 498 g/mol. The second-order valence-corrected chi connectivity index (χ2v) is 9.50. The van der Waals surface area contributed by atoms with Crippen LogP contribution in [0.15, 0.2) is 66.0 Å². The SMILES string of the molecule is O=C(Cc1cccs1)N(CCN1CCN(C(=O)Nc2cccc(F)c2)CC1)Cc1ccc(F)cc1. The number of nitrogens with zero attached hydrogens (tertiary/aromatic N) is 3. The first-order valence-corrected chi connectivity index (χ1v) is 12.4. The summed E-state index contributed by atoms with van der Waals surface area (Å²) in [4.78, 5) is 32.3. The molecule has 0 atom stereocenters. The fraction of sp³-hybridized carbons (Fsp3) is 0.308. The van der Waals surface area contributed by atoms with Crippen molar-refractivity contribution in [2.24, 2.45) is 0 Å². The molecule has 0 unspecified atom stereocenters. The van der Waals surface area contributed by atoms with Crippen molar-refractivity contribution < 1.29 is 18.4 Å². The van der Waals surface area contributed by atoms with E-state index in [1.807, 2.05) is 22.4 Å². The number of benzene rings is 2. The molecule has 1 fully saturated rings. The first-order valence-electron chi connectivity index (χ1n) is 11.5. The van der Waals surface area contributed by atoms with Crippen molar-refractivity contribution in [3.63, 3.8) is 0 Å². The fourth-order valence-electron chi connectivity index (χ4n) is 3.98. The second-order valence-electron chi connectivity index (χ2n) is 8.47. The number of anilines is 1. The number of urea groups is 1. The van der Waals surface area contributed by atoms with Gasteiger partial charge in [0.2, 0.25) is 5.91 Å². The van der Waals surface area contributed by atoms with Gasteiger partial charge in [0, 0.05) is 56.4 Å². The summed E-state index contributed by atoms with van der Waals surface area (Å²) in [6.45, 7) is 4.08. The lowest BCUT2D eigenvalue weighted by Gasteiger charge is -2.36. The van der Waals surface area contributed by atoms with Gasteiger partial charge < -0.3 is 15.1 Å². The number of piperazine rings is 1. The van der Waals surface area contributed by atoms with Gasteiger partial charge in [0.1, 0.15) is 11.6 Å². The summed E-state index contributed by atoms with van der Waals surface area (Å²) in [5, 5.41) is 4.69. The van der Waals surface area contributed by atoms with Gasteiger partial charge >= 0.3 is 6.03 Å². The fourth-order valence-corrected chi connectivity index (χ4v) is 4.68. The highest BCUT2D eigenvalue weighted by Gasteiger charge is 2.23. The maximum absolute atomic E-state index is 13.4. The summed E-state index contributed by atoms with van der Waals surface area (Å²) in [5.41, 5.74) is 1.31. The predicted molar refractivity (Wildman–Crippen MR) is 133 cm³/mol. The first-order chi connectivity index (χ1) is 17.0. The van der Waals surface area contributed by atoms with Crippen LogP contribution >= 0.6 is 11.3 Å². The van der Waals surface area contributed by atoms with E-state index in [4.69, 9.17) is 0 Å². The zero-order valence-corrected chi connectivity index (χ0v) is 20.1. The summed E-state index contributed by atoms with van der Waals surface area (Å²) in [5.74, 6) is -0.666. The summed E-state index contributed by atoms with van der Waals surface area (Å²) >= 11 is 1.56. The lowest BCUT2D eigenvalue weighted by atomic mass is 10.2. The van der Waals surface area contributed by atoms with E-state index in [2.05, 4.69) is 10.2 Å². The molecule has 0 spiro atoms. The predicted octanol–water partition coefficient (Wildman–Crippen LogP) is 4.45. The molecule has 1 saturated heterocycles. The number of nitrogens with one attached hydrogen (secondary N) is 1.